The molecule has 0 aliphatic heterocycles. The average molecular weight is 331 g/mol. The molecular formula is C17H31ClN2O2. The molecule has 4 nitrogen and oxygen atoms in total. The highest BCUT2D eigenvalue weighted by molar-refractivity contribution is 6.31. The number of hydrogen-bond donors (Lipinski definition) is 1. The van der Waals surface area contributed by atoms with Gasteiger partial charge in [-0.1, -0.05) is 58.7 Å². The van der Waals surface area contributed by atoms with Gasteiger partial charge in [0.2, 0.25) is 5.88 Å². The molecule has 2 rings (SSSR count). The van der Waals surface area contributed by atoms with Gasteiger partial charge in [-0.05, 0) is 31.8 Å². The molecule has 1 aliphatic rings. The van der Waals surface area contributed by atoms with Crippen molar-refractivity contribution in [2.75, 3.05) is 6.61 Å². The van der Waals surface area contributed by atoms with Crippen LogP contribution in [0.3, 0.4) is 0 Å². The molecule has 1 aromatic rings. The minimum atomic E-state index is -0.451. The first-order chi connectivity index (χ1) is 10.8. The molecule has 1 saturated carbocycles. The van der Waals surface area contributed by atoms with Gasteiger partial charge in [-0.25, -0.2) is 4.79 Å². The van der Waals surface area contributed by atoms with Gasteiger partial charge in [-0.3, -0.25) is 4.98 Å². The van der Waals surface area contributed by atoms with E-state index in [1.807, 2.05) is 41.5 Å². The number of nitrogens with zero attached hydrogens (tertiary/aromatic N) is 1. The molecule has 1 heterocycles. The van der Waals surface area contributed by atoms with Crippen LogP contribution < -0.4 is 10.4 Å². The minimum Gasteiger partial charge on any atom is -0.474 e. The molecule has 0 radical (unpaired) electrons. The Morgan fingerprint density at radius 2 is 1.73 bits per heavy atom. The highest BCUT2D eigenvalue weighted by Crippen LogP contribution is 2.23. The van der Waals surface area contributed by atoms with Gasteiger partial charge in [0.15, 0.2) is 0 Å². The normalized spacial score (nSPS) is 11.9. The molecule has 22 heavy (non-hydrogen) atoms. The van der Waals surface area contributed by atoms with Crippen LogP contribution in [0.1, 0.15) is 67.2 Å². The summed E-state index contributed by atoms with van der Waals surface area (Å²) in [4.78, 5) is 16.9. The lowest BCUT2D eigenvalue weighted by atomic mass is 10.2. The third kappa shape index (κ3) is 9.61. The van der Waals surface area contributed by atoms with Gasteiger partial charge in [0, 0.05) is 0 Å². The van der Waals surface area contributed by atoms with E-state index in [1.165, 1.54) is 24.6 Å². The van der Waals surface area contributed by atoms with Crippen molar-refractivity contribution in [1.82, 2.24) is 9.97 Å². The Morgan fingerprint density at radius 1 is 1.18 bits per heavy atom. The monoisotopic (exact) mass is 330 g/mol. The second-order valence-electron chi connectivity index (χ2n) is 3.75. The number of rotatable bonds is 3. The summed E-state index contributed by atoms with van der Waals surface area (Å²) in [6, 6.07) is 0. The fourth-order valence-electron chi connectivity index (χ4n) is 1.74. The van der Waals surface area contributed by atoms with Crippen molar-refractivity contribution in [3.8, 4) is 5.88 Å². The fourth-order valence-corrected chi connectivity index (χ4v) is 1.89. The fraction of sp³-hybridized carbons (Fsp3) is 0.647. The summed E-state index contributed by atoms with van der Waals surface area (Å²) in [5, 5.41) is 0.324. The highest BCUT2D eigenvalue weighted by Gasteiger charge is 2.06. The van der Waals surface area contributed by atoms with Crippen LogP contribution in [0.5, 0.6) is 5.88 Å². The van der Waals surface area contributed by atoms with E-state index in [0.717, 1.165) is 12.8 Å². The third-order valence-electron chi connectivity index (χ3n) is 2.58. The summed E-state index contributed by atoms with van der Waals surface area (Å²) in [6.07, 6.45) is 8.19. The number of halogens is 1. The Hall–Kier alpha value is -1.29. The van der Waals surface area contributed by atoms with E-state index in [4.69, 9.17) is 16.3 Å². The number of aromatic nitrogens is 2. The van der Waals surface area contributed by atoms with Crippen molar-refractivity contribution in [3.05, 3.63) is 33.4 Å². The number of aromatic amines is 1. The van der Waals surface area contributed by atoms with Gasteiger partial charge in [0.05, 0.1) is 6.20 Å². The Kier molecular flexibility index (Phi) is 16.8. The van der Waals surface area contributed by atoms with Gasteiger partial charge < -0.3 is 4.74 Å². The number of H-pyrrole nitrogens is 1. The van der Waals surface area contributed by atoms with Crippen molar-refractivity contribution in [2.24, 2.45) is 0 Å². The van der Waals surface area contributed by atoms with E-state index in [-0.39, 0.29) is 5.88 Å². The van der Waals surface area contributed by atoms with Crippen molar-refractivity contribution in [3.63, 3.8) is 0 Å². The van der Waals surface area contributed by atoms with E-state index >= 15 is 0 Å². The molecule has 0 saturated heterocycles. The molecule has 1 fully saturated rings. The number of nitrogens with one attached hydrogen (secondary N) is 1. The molecule has 128 valence electrons. The van der Waals surface area contributed by atoms with Crippen LogP contribution in [-0.4, -0.2) is 16.6 Å². The zero-order chi connectivity index (χ0) is 17.4. The number of hydrogen-bond acceptors (Lipinski definition) is 3. The van der Waals surface area contributed by atoms with Crippen molar-refractivity contribution >= 4 is 11.6 Å². The number of allylic oxidation sites excluding steroid dienone is 1. The molecule has 0 bridgehead atoms. The summed E-state index contributed by atoms with van der Waals surface area (Å²) in [6.45, 7) is 12.4. The maximum Gasteiger partial charge on any atom is 0.347 e. The molecular weight excluding hydrogens is 300 g/mol. The maximum absolute atomic E-state index is 10.9. The van der Waals surface area contributed by atoms with Gasteiger partial charge >= 0.3 is 5.69 Å². The van der Waals surface area contributed by atoms with E-state index in [2.05, 4.69) is 16.0 Å². The van der Waals surface area contributed by atoms with Crippen LogP contribution in [0.15, 0.2) is 22.6 Å². The Balaban J connectivity index is 0. The van der Waals surface area contributed by atoms with E-state index in [0.29, 0.717) is 11.6 Å². The van der Waals surface area contributed by atoms with Crippen LogP contribution in [0.25, 0.3) is 0 Å². The number of ether oxygens (including phenoxy) is 1. The first-order valence-electron chi connectivity index (χ1n) is 8.31. The smallest absolute Gasteiger partial charge is 0.347 e. The predicted octanol–water partition coefficient (Wildman–Crippen LogP) is 5.38. The Morgan fingerprint density at radius 3 is 2.27 bits per heavy atom. The molecule has 0 unspecified atom stereocenters. The second-order valence-corrected chi connectivity index (χ2v) is 4.15. The molecule has 1 N–H and O–H groups in total. The van der Waals surface area contributed by atoms with Crippen LogP contribution >= 0.6 is 11.6 Å². The lowest BCUT2D eigenvalue weighted by Gasteiger charge is -2.04. The van der Waals surface area contributed by atoms with E-state index in [1.54, 1.807) is 0 Å². The molecule has 1 aliphatic carbocycles. The molecule has 0 atom stereocenters. The minimum absolute atomic E-state index is 0.288. The van der Waals surface area contributed by atoms with Crippen LogP contribution in [0.2, 0.25) is 5.02 Å². The summed E-state index contributed by atoms with van der Waals surface area (Å²) >= 11 is 5.81. The summed E-state index contributed by atoms with van der Waals surface area (Å²) in [5.74, 6) is 0.288. The molecule has 1 aromatic heterocycles. The third-order valence-corrected chi connectivity index (χ3v) is 2.85. The predicted molar refractivity (Wildman–Crippen MR) is 96.0 cm³/mol. The molecule has 0 spiro atoms. The van der Waals surface area contributed by atoms with Gasteiger partial charge in [0.1, 0.15) is 11.6 Å². The van der Waals surface area contributed by atoms with Crippen LogP contribution in [0.4, 0.5) is 0 Å². The van der Waals surface area contributed by atoms with Crippen molar-refractivity contribution < 1.29 is 4.74 Å². The van der Waals surface area contributed by atoms with E-state index in [9.17, 15) is 4.79 Å². The zero-order valence-electron chi connectivity index (χ0n) is 14.8. The molecule has 5 heteroatoms. The topological polar surface area (TPSA) is 55.0 Å². The molecule has 0 aromatic carbocycles. The van der Waals surface area contributed by atoms with Crippen molar-refractivity contribution in [2.45, 2.75) is 67.2 Å². The SMILES string of the molecule is CC.CC.CC.O=c1ncc(Cl)c(OCC=C2CCCC2)[nH]1. The quantitative estimate of drug-likeness (QED) is 0.757. The lowest BCUT2D eigenvalue weighted by molar-refractivity contribution is 0.345. The van der Waals surface area contributed by atoms with Gasteiger partial charge in [-0.15, -0.1) is 0 Å². The first-order valence-corrected chi connectivity index (χ1v) is 8.69. The summed E-state index contributed by atoms with van der Waals surface area (Å²) in [7, 11) is 0. The summed E-state index contributed by atoms with van der Waals surface area (Å²) < 4.78 is 5.38. The van der Waals surface area contributed by atoms with Crippen LogP contribution in [0, 0.1) is 0 Å². The summed E-state index contributed by atoms with van der Waals surface area (Å²) in [5.41, 5.74) is 0.973. The maximum atomic E-state index is 10.9. The largest absolute Gasteiger partial charge is 0.474 e. The zero-order valence-corrected chi connectivity index (χ0v) is 15.6. The van der Waals surface area contributed by atoms with Crippen LogP contribution in [-0.2, 0) is 0 Å². The first kappa shape index (κ1) is 23.0. The Bertz CT molecular complexity index is 448. The highest BCUT2D eigenvalue weighted by atomic mass is 35.5. The standard InChI is InChI=1S/C11H13ClN2O2.3C2H6/c12-9-7-13-11(15)14-10(9)16-6-5-8-3-1-2-4-8;3*1-2/h5,7H,1-4,6H2,(H,13,14,15);3*1-2H3. The average Bonchev–Trinajstić information content (AvgIpc) is 3.10. The van der Waals surface area contributed by atoms with Crippen molar-refractivity contribution in [1.29, 1.82) is 0 Å². The molecule has 0 amide bonds. The van der Waals surface area contributed by atoms with Gasteiger partial charge in [0.25, 0.3) is 0 Å². The Labute approximate surface area is 140 Å². The second kappa shape index (κ2) is 16.1. The van der Waals surface area contributed by atoms with Gasteiger partial charge in [-0.2, -0.15) is 4.98 Å². The van der Waals surface area contributed by atoms with E-state index < -0.39 is 5.69 Å². The lowest BCUT2D eigenvalue weighted by Crippen LogP contribution is -2.11.